The van der Waals surface area contributed by atoms with Crippen LogP contribution in [-0.4, -0.2) is 37.0 Å². The Bertz CT molecular complexity index is 681. The van der Waals surface area contributed by atoms with E-state index in [1.807, 2.05) is 31.2 Å². The summed E-state index contributed by atoms with van der Waals surface area (Å²) < 4.78 is 5.47. The predicted molar refractivity (Wildman–Crippen MR) is 88.4 cm³/mol. The molecule has 0 radical (unpaired) electrons. The van der Waals surface area contributed by atoms with Crippen LogP contribution in [0.25, 0.3) is 11.1 Å². The predicted octanol–water partition coefficient (Wildman–Crippen LogP) is 3.46. The van der Waals surface area contributed by atoms with Crippen LogP contribution < -0.4 is 0 Å². The molecule has 0 spiro atoms. The van der Waals surface area contributed by atoms with Gasteiger partial charge in [0.2, 0.25) is 0 Å². The maximum absolute atomic E-state index is 12.1. The molecule has 0 aromatic heterocycles. The van der Waals surface area contributed by atoms with Gasteiger partial charge in [-0.05, 0) is 29.2 Å². The maximum atomic E-state index is 12.1. The number of hydrogen-bond donors (Lipinski definition) is 0. The highest BCUT2D eigenvalue weighted by Crippen LogP contribution is 2.44. The smallest absolute Gasteiger partial charge is 0.410 e. The van der Waals surface area contributed by atoms with Gasteiger partial charge in [0.25, 0.3) is 0 Å². The van der Waals surface area contributed by atoms with E-state index >= 15 is 0 Å². The SMILES string of the molecule is CCN(CC=O)C(=O)OCC1c2ccccc2-c2ccccc21. The van der Waals surface area contributed by atoms with Crippen LogP contribution in [0.5, 0.6) is 0 Å². The fourth-order valence-electron chi connectivity index (χ4n) is 3.11. The van der Waals surface area contributed by atoms with Gasteiger partial charge >= 0.3 is 6.09 Å². The third-order valence-corrected chi connectivity index (χ3v) is 4.27. The van der Waals surface area contributed by atoms with E-state index in [9.17, 15) is 9.59 Å². The molecule has 0 saturated carbocycles. The van der Waals surface area contributed by atoms with Crippen LogP contribution >= 0.6 is 0 Å². The number of rotatable bonds is 5. The normalized spacial score (nSPS) is 12.4. The Morgan fingerprint density at radius 1 is 1.09 bits per heavy atom. The molecule has 0 saturated heterocycles. The van der Waals surface area contributed by atoms with Gasteiger partial charge in [-0.2, -0.15) is 0 Å². The lowest BCUT2D eigenvalue weighted by molar-refractivity contribution is -0.108. The highest BCUT2D eigenvalue weighted by atomic mass is 16.6. The van der Waals surface area contributed by atoms with Crippen molar-refractivity contribution in [2.75, 3.05) is 19.7 Å². The zero-order valence-electron chi connectivity index (χ0n) is 13.1. The van der Waals surface area contributed by atoms with Gasteiger partial charge in [-0.3, -0.25) is 0 Å². The number of hydrogen-bond acceptors (Lipinski definition) is 3. The van der Waals surface area contributed by atoms with Crippen molar-refractivity contribution in [3.8, 4) is 11.1 Å². The second-order valence-electron chi connectivity index (χ2n) is 5.51. The molecule has 0 unspecified atom stereocenters. The molecule has 1 amide bonds. The van der Waals surface area contributed by atoms with Crippen LogP contribution in [-0.2, 0) is 9.53 Å². The van der Waals surface area contributed by atoms with Crippen molar-refractivity contribution >= 4 is 12.4 Å². The van der Waals surface area contributed by atoms with E-state index in [4.69, 9.17) is 4.74 Å². The monoisotopic (exact) mass is 309 g/mol. The lowest BCUT2D eigenvalue weighted by Crippen LogP contribution is -2.33. The van der Waals surface area contributed by atoms with E-state index in [1.165, 1.54) is 27.2 Å². The molecule has 0 N–H and O–H groups in total. The van der Waals surface area contributed by atoms with Crippen molar-refractivity contribution in [2.24, 2.45) is 0 Å². The first-order valence-corrected chi connectivity index (χ1v) is 7.79. The average molecular weight is 309 g/mol. The summed E-state index contributed by atoms with van der Waals surface area (Å²) in [5, 5.41) is 0. The van der Waals surface area contributed by atoms with Crippen molar-refractivity contribution in [1.82, 2.24) is 4.90 Å². The molecule has 0 atom stereocenters. The molecule has 0 fully saturated rings. The summed E-state index contributed by atoms with van der Waals surface area (Å²) in [7, 11) is 0. The zero-order chi connectivity index (χ0) is 16.2. The Labute approximate surface area is 135 Å². The van der Waals surface area contributed by atoms with Gasteiger partial charge in [0.05, 0.1) is 6.54 Å². The molecule has 2 aromatic carbocycles. The lowest BCUT2D eigenvalue weighted by Gasteiger charge is -2.20. The van der Waals surface area contributed by atoms with E-state index in [1.54, 1.807) is 0 Å². The molecule has 2 aromatic rings. The van der Waals surface area contributed by atoms with E-state index in [0.717, 1.165) is 0 Å². The molecule has 4 heteroatoms. The first kappa shape index (κ1) is 15.3. The molecule has 0 heterocycles. The summed E-state index contributed by atoms with van der Waals surface area (Å²) in [6, 6.07) is 16.4. The number of ether oxygens (including phenoxy) is 1. The van der Waals surface area contributed by atoms with Crippen LogP contribution in [0, 0.1) is 0 Å². The third-order valence-electron chi connectivity index (χ3n) is 4.27. The van der Waals surface area contributed by atoms with Crippen LogP contribution in [0.4, 0.5) is 4.79 Å². The highest BCUT2D eigenvalue weighted by molar-refractivity contribution is 5.79. The number of benzene rings is 2. The van der Waals surface area contributed by atoms with Crippen molar-refractivity contribution in [2.45, 2.75) is 12.8 Å². The number of nitrogens with zero attached hydrogens (tertiary/aromatic N) is 1. The van der Waals surface area contributed by atoms with Crippen LogP contribution in [0.2, 0.25) is 0 Å². The summed E-state index contributed by atoms with van der Waals surface area (Å²) in [5.74, 6) is 0.0429. The quantitative estimate of drug-likeness (QED) is 0.795. The number of fused-ring (bicyclic) bond motifs is 3. The standard InChI is InChI=1S/C19H19NO3/c1-2-20(11-12-21)19(22)23-13-18-16-9-5-3-7-14(16)15-8-4-6-10-17(15)18/h3-10,12,18H,2,11,13H2,1H3. The van der Waals surface area contributed by atoms with Crippen molar-refractivity contribution in [3.05, 3.63) is 59.7 Å². The molecule has 23 heavy (non-hydrogen) atoms. The van der Waals surface area contributed by atoms with Crippen molar-refractivity contribution < 1.29 is 14.3 Å². The van der Waals surface area contributed by atoms with Gasteiger partial charge in [-0.25, -0.2) is 4.79 Å². The second-order valence-corrected chi connectivity index (χ2v) is 5.51. The molecule has 4 nitrogen and oxygen atoms in total. The number of carbonyl (C=O) groups excluding carboxylic acids is 2. The molecule has 0 aliphatic heterocycles. The molecule has 1 aliphatic carbocycles. The summed E-state index contributed by atoms with van der Waals surface area (Å²) in [4.78, 5) is 24.1. The molecule has 118 valence electrons. The largest absolute Gasteiger partial charge is 0.448 e. The summed E-state index contributed by atoms with van der Waals surface area (Å²) in [5.41, 5.74) is 4.76. The second kappa shape index (κ2) is 6.65. The number of carbonyl (C=O) groups is 2. The average Bonchev–Trinajstić information content (AvgIpc) is 2.91. The summed E-state index contributed by atoms with van der Waals surface area (Å²) in [6.07, 6.45) is 0.270. The fourth-order valence-corrected chi connectivity index (χ4v) is 3.11. The first-order chi connectivity index (χ1) is 11.3. The van der Waals surface area contributed by atoms with E-state index < -0.39 is 6.09 Å². The third kappa shape index (κ3) is 2.84. The molecular formula is C19H19NO3. The molecule has 0 bridgehead atoms. The summed E-state index contributed by atoms with van der Waals surface area (Å²) in [6.45, 7) is 2.62. The summed E-state index contributed by atoms with van der Waals surface area (Å²) >= 11 is 0. The van der Waals surface area contributed by atoms with Gasteiger partial charge in [0.1, 0.15) is 12.9 Å². The van der Waals surface area contributed by atoms with Crippen molar-refractivity contribution in [3.63, 3.8) is 0 Å². The fraction of sp³-hybridized carbons (Fsp3) is 0.263. The number of likely N-dealkylation sites (N-methyl/N-ethyl adjacent to an activating group) is 1. The Morgan fingerprint density at radius 3 is 2.17 bits per heavy atom. The van der Waals surface area contributed by atoms with Gasteiger partial charge in [-0.1, -0.05) is 48.5 Å². The van der Waals surface area contributed by atoms with Crippen LogP contribution in [0.1, 0.15) is 24.0 Å². The Hall–Kier alpha value is -2.62. The minimum absolute atomic E-state index is 0.0429. The maximum Gasteiger partial charge on any atom is 0.410 e. The highest BCUT2D eigenvalue weighted by Gasteiger charge is 2.29. The Balaban J connectivity index is 1.81. The van der Waals surface area contributed by atoms with Crippen molar-refractivity contribution in [1.29, 1.82) is 0 Å². The lowest BCUT2D eigenvalue weighted by atomic mass is 9.98. The van der Waals surface area contributed by atoms with E-state index in [-0.39, 0.29) is 19.1 Å². The van der Waals surface area contributed by atoms with Crippen LogP contribution in [0.15, 0.2) is 48.5 Å². The minimum Gasteiger partial charge on any atom is -0.448 e. The molecule has 1 aliphatic rings. The minimum atomic E-state index is -0.443. The number of amides is 1. The molecule has 3 rings (SSSR count). The zero-order valence-corrected chi connectivity index (χ0v) is 13.1. The topological polar surface area (TPSA) is 46.6 Å². The van der Waals surface area contributed by atoms with Gasteiger partial charge < -0.3 is 14.4 Å². The Morgan fingerprint density at radius 2 is 1.65 bits per heavy atom. The van der Waals surface area contributed by atoms with E-state index in [0.29, 0.717) is 12.8 Å². The van der Waals surface area contributed by atoms with Gasteiger partial charge in [0, 0.05) is 12.5 Å². The van der Waals surface area contributed by atoms with E-state index in [2.05, 4.69) is 24.3 Å². The molecular weight excluding hydrogens is 290 g/mol. The van der Waals surface area contributed by atoms with Gasteiger partial charge in [-0.15, -0.1) is 0 Å². The first-order valence-electron chi connectivity index (χ1n) is 7.79. The Kier molecular flexibility index (Phi) is 4.42. The number of aldehydes is 1. The van der Waals surface area contributed by atoms with Gasteiger partial charge in [0.15, 0.2) is 0 Å². The van der Waals surface area contributed by atoms with Crippen LogP contribution in [0.3, 0.4) is 0 Å².